The first-order chi connectivity index (χ1) is 9.43. The van der Waals surface area contributed by atoms with E-state index in [1.807, 2.05) is 12.1 Å². The summed E-state index contributed by atoms with van der Waals surface area (Å²) in [5.74, 6) is 0.0263. The molecule has 0 bridgehead atoms. The normalized spacial score (nSPS) is 11.4. The highest BCUT2D eigenvalue weighted by Crippen LogP contribution is 2.23. The van der Waals surface area contributed by atoms with E-state index in [-0.39, 0.29) is 11.3 Å². The van der Waals surface area contributed by atoms with Crippen molar-refractivity contribution in [3.8, 4) is 0 Å². The van der Waals surface area contributed by atoms with E-state index >= 15 is 0 Å². The molecule has 1 rings (SSSR count). The Balaban J connectivity index is 2.35. The van der Waals surface area contributed by atoms with Crippen molar-refractivity contribution < 1.29 is 9.53 Å². The predicted molar refractivity (Wildman–Crippen MR) is 83.1 cm³/mol. The fourth-order valence-electron chi connectivity index (χ4n) is 1.78. The molecule has 0 aromatic heterocycles. The molecule has 1 amide bonds. The molecule has 0 saturated heterocycles. The molecule has 0 aliphatic heterocycles. The molecule has 0 fully saturated rings. The summed E-state index contributed by atoms with van der Waals surface area (Å²) in [4.78, 5) is 11.7. The van der Waals surface area contributed by atoms with Gasteiger partial charge in [-0.2, -0.15) is 0 Å². The molecule has 2 N–H and O–H groups in total. The summed E-state index contributed by atoms with van der Waals surface area (Å²) in [7, 11) is 1.66. The monoisotopic (exact) mass is 278 g/mol. The zero-order valence-electron chi connectivity index (χ0n) is 13.0. The Morgan fingerprint density at radius 3 is 2.35 bits per heavy atom. The smallest absolute Gasteiger partial charge is 0.225 e. The Morgan fingerprint density at radius 1 is 1.15 bits per heavy atom. The van der Waals surface area contributed by atoms with E-state index < -0.39 is 0 Å². The Labute approximate surface area is 121 Å². The molecular weight excluding hydrogens is 252 g/mol. The summed E-state index contributed by atoms with van der Waals surface area (Å²) in [5, 5.41) is 6.05. The van der Waals surface area contributed by atoms with Crippen LogP contribution in [0, 0.1) is 0 Å². The summed E-state index contributed by atoms with van der Waals surface area (Å²) in [6.45, 7) is 8.61. The Hall–Kier alpha value is -1.39. The summed E-state index contributed by atoms with van der Waals surface area (Å²) in [6, 6.07) is 8.03. The number of nitrogens with one attached hydrogen (secondary N) is 2. The molecule has 20 heavy (non-hydrogen) atoms. The van der Waals surface area contributed by atoms with E-state index in [0.29, 0.717) is 19.6 Å². The van der Waals surface area contributed by atoms with Crippen molar-refractivity contribution in [2.24, 2.45) is 0 Å². The van der Waals surface area contributed by atoms with Crippen molar-refractivity contribution >= 4 is 11.6 Å². The number of hydrogen-bond donors (Lipinski definition) is 2. The molecule has 4 heteroatoms. The molecule has 0 spiro atoms. The van der Waals surface area contributed by atoms with Crippen LogP contribution in [0.1, 0.15) is 32.8 Å². The number of ether oxygens (including phenoxy) is 1. The third kappa shape index (κ3) is 6.17. The minimum atomic E-state index is 0.0263. The van der Waals surface area contributed by atoms with Gasteiger partial charge in [-0.25, -0.2) is 0 Å². The molecule has 0 radical (unpaired) electrons. The molecule has 0 unspecified atom stereocenters. The fourth-order valence-corrected chi connectivity index (χ4v) is 1.78. The van der Waals surface area contributed by atoms with Gasteiger partial charge >= 0.3 is 0 Å². The lowest BCUT2D eigenvalue weighted by Gasteiger charge is -2.19. The Bertz CT molecular complexity index is 407. The predicted octanol–water partition coefficient (Wildman–Crippen LogP) is 2.55. The molecule has 112 valence electrons. The van der Waals surface area contributed by atoms with Gasteiger partial charge in [0.1, 0.15) is 0 Å². The second-order valence-corrected chi connectivity index (χ2v) is 5.87. The zero-order chi connectivity index (χ0) is 15.0. The highest BCUT2D eigenvalue weighted by molar-refractivity contribution is 5.90. The van der Waals surface area contributed by atoms with Crippen molar-refractivity contribution in [1.29, 1.82) is 0 Å². The van der Waals surface area contributed by atoms with E-state index in [0.717, 1.165) is 12.2 Å². The molecule has 0 atom stereocenters. The lowest BCUT2D eigenvalue weighted by Crippen LogP contribution is -2.24. The first-order valence-electron chi connectivity index (χ1n) is 7.03. The number of carbonyl (C=O) groups is 1. The van der Waals surface area contributed by atoms with Crippen LogP contribution in [0.2, 0.25) is 0 Å². The van der Waals surface area contributed by atoms with Crippen molar-refractivity contribution in [2.75, 3.05) is 32.1 Å². The zero-order valence-corrected chi connectivity index (χ0v) is 13.0. The number of methoxy groups -OCH3 is 1. The van der Waals surface area contributed by atoms with Crippen LogP contribution in [0.3, 0.4) is 0 Å². The number of rotatable bonds is 7. The van der Waals surface area contributed by atoms with Crippen LogP contribution < -0.4 is 10.6 Å². The highest BCUT2D eigenvalue weighted by atomic mass is 16.5. The first kappa shape index (κ1) is 16.7. The minimum Gasteiger partial charge on any atom is -0.383 e. The number of carbonyl (C=O) groups excluding carboxylic acids is 1. The summed E-state index contributed by atoms with van der Waals surface area (Å²) >= 11 is 0. The maximum Gasteiger partial charge on any atom is 0.225 e. The van der Waals surface area contributed by atoms with Gasteiger partial charge in [0.2, 0.25) is 5.91 Å². The van der Waals surface area contributed by atoms with E-state index in [2.05, 4.69) is 43.5 Å². The molecule has 1 aromatic carbocycles. The first-order valence-corrected chi connectivity index (χ1v) is 7.03. The third-order valence-electron chi connectivity index (χ3n) is 3.05. The number of hydrogen-bond acceptors (Lipinski definition) is 3. The number of anilines is 1. The van der Waals surface area contributed by atoms with Crippen LogP contribution in [0.25, 0.3) is 0 Å². The SMILES string of the molecule is COCCNCCC(=O)Nc1ccc(C(C)(C)C)cc1. The van der Waals surface area contributed by atoms with Crippen LogP contribution in [0.4, 0.5) is 5.69 Å². The standard InChI is InChI=1S/C16H26N2O2/c1-16(2,3)13-5-7-14(8-6-13)18-15(19)9-10-17-11-12-20-4/h5-8,17H,9-12H2,1-4H3,(H,18,19). The Kier molecular flexibility index (Phi) is 6.68. The van der Waals surface area contributed by atoms with Crippen molar-refractivity contribution in [2.45, 2.75) is 32.6 Å². The minimum absolute atomic E-state index is 0.0263. The van der Waals surface area contributed by atoms with E-state index in [1.165, 1.54) is 5.56 Å². The molecule has 0 heterocycles. The second-order valence-electron chi connectivity index (χ2n) is 5.87. The average molecular weight is 278 g/mol. The van der Waals surface area contributed by atoms with Gasteiger partial charge in [-0.3, -0.25) is 4.79 Å². The highest BCUT2D eigenvalue weighted by Gasteiger charge is 2.13. The summed E-state index contributed by atoms with van der Waals surface area (Å²) in [6.07, 6.45) is 0.463. The van der Waals surface area contributed by atoms with Gasteiger partial charge in [0.15, 0.2) is 0 Å². The summed E-state index contributed by atoms with van der Waals surface area (Å²) < 4.78 is 4.92. The summed E-state index contributed by atoms with van der Waals surface area (Å²) in [5.41, 5.74) is 2.24. The van der Waals surface area contributed by atoms with Crippen LogP contribution >= 0.6 is 0 Å². The topological polar surface area (TPSA) is 50.4 Å². The van der Waals surface area contributed by atoms with Gasteiger partial charge in [0, 0.05) is 32.3 Å². The average Bonchev–Trinajstić information content (AvgIpc) is 2.38. The fraction of sp³-hybridized carbons (Fsp3) is 0.562. The molecule has 4 nitrogen and oxygen atoms in total. The van der Waals surface area contributed by atoms with Crippen LogP contribution in [0.5, 0.6) is 0 Å². The molecule has 0 saturated carbocycles. The van der Waals surface area contributed by atoms with Gasteiger partial charge in [-0.1, -0.05) is 32.9 Å². The maximum atomic E-state index is 11.7. The van der Waals surface area contributed by atoms with Gasteiger partial charge in [-0.05, 0) is 23.1 Å². The third-order valence-corrected chi connectivity index (χ3v) is 3.05. The van der Waals surface area contributed by atoms with E-state index in [9.17, 15) is 4.79 Å². The molecular formula is C16H26N2O2. The maximum absolute atomic E-state index is 11.7. The second kappa shape index (κ2) is 8.02. The number of benzene rings is 1. The lowest BCUT2D eigenvalue weighted by molar-refractivity contribution is -0.116. The van der Waals surface area contributed by atoms with Gasteiger partial charge in [0.05, 0.1) is 6.61 Å². The Morgan fingerprint density at radius 2 is 1.80 bits per heavy atom. The van der Waals surface area contributed by atoms with Crippen LogP contribution in [-0.4, -0.2) is 32.7 Å². The van der Waals surface area contributed by atoms with Gasteiger partial charge < -0.3 is 15.4 Å². The van der Waals surface area contributed by atoms with Crippen LogP contribution in [0.15, 0.2) is 24.3 Å². The largest absolute Gasteiger partial charge is 0.383 e. The molecule has 0 aliphatic carbocycles. The van der Waals surface area contributed by atoms with Crippen molar-refractivity contribution in [3.63, 3.8) is 0 Å². The quantitative estimate of drug-likeness (QED) is 0.754. The van der Waals surface area contributed by atoms with Gasteiger partial charge in [-0.15, -0.1) is 0 Å². The lowest BCUT2D eigenvalue weighted by atomic mass is 9.87. The van der Waals surface area contributed by atoms with Gasteiger partial charge in [0.25, 0.3) is 0 Å². The molecule has 0 aliphatic rings. The van der Waals surface area contributed by atoms with Crippen LogP contribution in [-0.2, 0) is 14.9 Å². The number of amides is 1. The van der Waals surface area contributed by atoms with Crippen molar-refractivity contribution in [1.82, 2.24) is 5.32 Å². The molecule has 1 aromatic rings. The van der Waals surface area contributed by atoms with E-state index in [4.69, 9.17) is 4.74 Å². The van der Waals surface area contributed by atoms with Crippen molar-refractivity contribution in [3.05, 3.63) is 29.8 Å². The van der Waals surface area contributed by atoms with E-state index in [1.54, 1.807) is 7.11 Å².